The summed E-state index contributed by atoms with van der Waals surface area (Å²) in [4.78, 5) is 41.7. The van der Waals surface area contributed by atoms with E-state index in [1.807, 2.05) is 0 Å². The van der Waals surface area contributed by atoms with Crippen LogP contribution in [0.4, 0.5) is 8.78 Å². The van der Waals surface area contributed by atoms with Gasteiger partial charge in [-0.1, -0.05) is 17.2 Å². The Kier molecular flexibility index (Phi) is 4.07. The zero-order valence-electron chi connectivity index (χ0n) is 13.3. The van der Waals surface area contributed by atoms with E-state index in [0.717, 1.165) is 4.68 Å². The number of nitrogens with zero attached hydrogens (tertiary/aromatic N) is 3. The van der Waals surface area contributed by atoms with E-state index in [4.69, 9.17) is 4.84 Å². The van der Waals surface area contributed by atoms with Gasteiger partial charge in [0.25, 0.3) is 18.2 Å². The van der Waals surface area contributed by atoms with E-state index in [9.17, 15) is 23.2 Å². The highest BCUT2D eigenvalue weighted by atomic mass is 19.3. The summed E-state index contributed by atoms with van der Waals surface area (Å²) in [6.07, 6.45) is -2.64. The molecule has 1 aromatic heterocycles. The first-order valence-corrected chi connectivity index (χ1v) is 7.33. The Bertz CT molecular complexity index is 857. The molecule has 0 fully saturated rings. The van der Waals surface area contributed by atoms with Crippen LogP contribution in [0.25, 0.3) is 0 Å². The zero-order chi connectivity index (χ0) is 18.3. The van der Waals surface area contributed by atoms with Crippen LogP contribution in [0.15, 0.2) is 24.3 Å². The molecule has 1 aliphatic rings. The number of hydrogen-bond acceptors (Lipinski definition) is 5. The van der Waals surface area contributed by atoms with Gasteiger partial charge < -0.3 is 4.84 Å². The number of fused-ring (bicyclic) bond motifs is 1. The number of benzene rings is 1. The zero-order valence-corrected chi connectivity index (χ0v) is 13.3. The van der Waals surface area contributed by atoms with Gasteiger partial charge in [-0.3, -0.25) is 14.3 Å². The summed E-state index contributed by atoms with van der Waals surface area (Å²) in [6.45, 7) is 2.21. The van der Waals surface area contributed by atoms with Crippen LogP contribution in [-0.4, -0.2) is 39.1 Å². The molecule has 0 bridgehead atoms. The number of aryl methyl sites for hydroxylation is 1. The number of hydrogen-bond donors (Lipinski definition) is 0. The molecule has 0 spiro atoms. The quantitative estimate of drug-likeness (QED) is 0.790. The Labute approximate surface area is 140 Å². The fourth-order valence-corrected chi connectivity index (χ4v) is 2.68. The molecule has 0 unspecified atom stereocenters. The molecule has 0 saturated carbocycles. The maximum atomic E-state index is 12.5. The van der Waals surface area contributed by atoms with Crippen molar-refractivity contribution in [1.29, 1.82) is 0 Å². The fraction of sp³-hybridized carbons (Fsp3) is 0.250. The van der Waals surface area contributed by atoms with Gasteiger partial charge in [-0.2, -0.15) is 5.10 Å². The van der Waals surface area contributed by atoms with Crippen molar-refractivity contribution >= 4 is 17.8 Å². The van der Waals surface area contributed by atoms with Crippen LogP contribution in [-0.2, 0) is 11.4 Å². The van der Waals surface area contributed by atoms with Gasteiger partial charge in [0.15, 0.2) is 0 Å². The number of imide groups is 1. The van der Waals surface area contributed by atoms with Crippen molar-refractivity contribution in [3.63, 3.8) is 0 Å². The van der Waals surface area contributed by atoms with Gasteiger partial charge in [-0.15, -0.1) is 0 Å². The molecule has 2 heterocycles. The largest absolute Gasteiger partial charge is 0.367 e. The normalized spacial score (nSPS) is 13.6. The third-order valence-corrected chi connectivity index (χ3v) is 3.83. The second-order valence-electron chi connectivity index (χ2n) is 5.45. The molecule has 1 aromatic carbocycles. The van der Waals surface area contributed by atoms with E-state index in [-0.39, 0.29) is 28.1 Å². The summed E-state index contributed by atoms with van der Waals surface area (Å²) in [6, 6.07) is 6.05. The van der Waals surface area contributed by atoms with Crippen molar-refractivity contribution in [3.05, 3.63) is 52.3 Å². The van der Waals surface area contributed by atoms with E-state index in [0.29, 0.717) is 5.06 Å². The molecule has 2 aromatic rings. The Morgan fingerprint density at radius 1 is 1.16 bits per heavy atom. The van der Waals surface area contributed by atoms with E-state index >= 15 is 0 Å². The van der Waals surface area contributed by atoms with Crippen LogP contribution in [0.5, 0.6) is 0 Å². The van der Waals surface area contributed by atoms with E-state index in [2.05, 4.69) is 5.10 Å². The number of hydroxylamine groups is 2. The lowest BCUT2D eigenvalue weighted by Gasteiger charge is -2.12. The van der Waals surface area contributed by atoms with Crippen LogP contribution in [0.2, 0.25) is 0 Å². The minimum absolute atomic E-state index is 0.0581. The first-order valence-electron chi connectivity index (χ1n) is 7.33. The second-order valence-corrected chi connectivity index (χ2v) is 5.45. The molecule has 0 radical (unpaired) electrons. The number of alkyl halides is 2. The topological polar surface area (TPSA) is 81.5 Å². The lowest BCUT2D eigenvalue weighted by Crippen LogP contribution is -2.33. The average molecular weight is 349 g/mol. The molecule has 0 atom stereocenters. The molecule has 0 saturated heterocycles. The highest BCUT2D eigenvalue weighted by molar-refractivity contribution is 6.21. The number of carbonyl (C=O) groups excluding carboxylic acids is 3. The van der Waals surface area contributed by atoms with Crippen LogP contribution in [0, 0.1) is 13.8 Å². The molecule has 3 rings (SSSR count). The van der Waals surface area contributed by atoms with Crippen molar-refractivity contribution in [2.24, 2.45) is 0 Å². The third-order valence-electron chi connectivity index (χ3n) is 3.83. The maximum Gasteiger partial charge on any atom is 0.367 e. The van der Waals surface area contributed by atoms with E-state index < -0.39 is 30.8 Å². The molecule has 130 valence electrons. The number of carbonyl (C=O) groups is 3. The Hall–Kier alpha value is -3.10. The maximum absolute atomic E-state index is 12.5. The average Bonchev–Trinajstić information content (AvgIpc) is 2.96. The van der Waals surface area contributed by atoms with Crippen molar-refractivity contribution in [2.45, 2.75) is 26.8 Å². The second kappa shape index (κ2) is 6.08. The molecular formula is C16H13F2N3O4. The lowest BCUT2D eigenvalue weighted by atomic mass is 10.1. The summed E-state index contributed by atoms with van der Waals surface area (Å²) in [7, 11) is 0. The molecule has 25 heavy (non-hydrogen) atoms. The molecule has 9 heteroatoms. The standard InChI is InChI=1S/C16H13F2N3O4/c1-8-13(9(2)20(19-8)7-12(17)18)16(24)25-21-14(22)10-5-3-4-6-11(10)15(21)23/h3-6,12H,7H2,1-2H3. The Balaban J connectivity index is 1.86. The summed E-state index contributed by atoms with van der Waals surface area (Å²) in [5.41, 5.74) is 0.528. The van der Waals surface area contributed by atoms with Crippen LogP contribution < -0.4 is 0 Å². The Morgan fingerprint density at radius 3 is 2.24 bits per heavy atom. The monoisotopic (exact) mass is 349 g/mol. The molecule has 2 amide bonds. The lowest BCUT2D eigenvalue weighted by molar-refractivity contribution is -0.0585. The van der Waals surface area contributed by atoms with Crippen LogP contribution in [0.3, 0.4) is 0 Å². The van der Waals surface area contributed by atoms with Gasteiger partial charge in [0.2, 0.25) is 0 Å². The van der Waals surface area contributed by atoms with Crippen molar-refractivity contribution < 1.29 is 28.0 Å². The SMILES string of the molecule is Cc1nn(CC(F)F)c(C)c1C(=O)ON1C(=O)c2ccccc2C1=O. The molecule has 7 nitrogen and oxygen atoms in total. The van der Waals surface area contributed by atoms with E-state index in [1.54, 1.807) is 12.1 Å². The predicted molar refractivity (Wildman–Crippen MR) is 80.1 cm³/mol. The van der Waals surface area contributed by atoms with Gasteiger partial charge >= 0.3 is 5.97 Å². The Morgan fingerprint density at radius 2 is 1.72 bits per heavy atom. The van der Waals surface area contributed by atoms with Gasteiger partial charge in [0.1, 0.15) is 12.1 Å². The van der Waals surface area contributed by atoms with Crippen molar-refractivity contribution in [3.8, 4) is 0 Å². The van der Waals surface area contributed by atoms with Gasteiger partial charge in [0.05, 0.1) is 22.5 Å². The first kappa shape index (κ1) is 16.7. The number of rotatable bonds is 4. The van der Waals surface area contributed by atoms with Gasteiger partial charge in [-0.05, 0) is 26.0 Å². The highest BCUT2D eigenvalue weighted by Crippen LogP contribution is 2.24. The predicted octanol–water partition coefficient (Wildman–Crippen LogP) is 2.13. The highest BCUT2D eigenvalue weighted by Gasteiger charge is 2.39. The van der Waals surface area contributed by atoms with E-state index in [1.165, 1.54) is 26.0 Å². The third kappa shape index (κ3) is 2.77. The number of amides is 2. The minimum atomic E-state index is -2.64. The molecule has 1 aliphatic heterocycles. The molecule has 0 N–H and O–H groups in total. The van der Waals surface area contributed by atoms with Crippen molar-refractivity contribution in [1.82, 2.24) is 14.8 Å². The molecule has 0 aliphatic carbocycles. The van der Waals surface area contributed by atoms with Gasteiger partial charge in [0, 0.05) is 0 Å². The number of halogens is 2. The number of aromatic nitrogens is 2. The summed E-state index contributed by atoms with van der Waals surface area (Å²) >= 11 is 0. The molecular weight excluding hydrogens is 336 g/mol. The summed E-state index contributed by atoms with van der Waals surface area (Å²) < 4.78 is 26.1. The van der Waals surface area contributed by atoms with Crippen LogP contribution >= 0.6 is 0 Å². The van der Waals surface area contributed by atoms with Crippen molar-refractivity contribution in [2.75, 3.05) is 0 Å². The summed E-state index contributed by atoms with van der Waals surface area (Å²) in [5.74, 6) is -2.53. The first-order chi connectivity index (χ1) is 11.8. The fourth-order valence-electron chi connectivity index (χ4n) is 2.68. The smallest absolute Gasteiger partial charge is 0.324 e. The van der Waals surface area contributed by atoms with Gasteiger partial charge in [-0.25, -0.2) is 13.6 Å². The van der Waals surface area contributed by atoms with Crippen LogP contribution in [0.1, 0.15) is 42.5 Å². The minimum Gasteiger partial charge on any atom is -0.324 e. The summed E-state index contributed by atoms with van der Waals surface area (Å²) in [5, 5.41) is 4.24.